The van der Waals surface area contributed by atoms with Crippen LogP contribution in [0, 0.1) is 0 Å². The largest absolute Gasteiger partial charge is 0.457 e. The summed E-state index contributed by atoms with van der Waals surface area (Å²) in [6.45, 7) is 0. The Labute approximate surface area is 326 Å². The van der Waals surface area contributed by atoms with Gasteiger partial charge in [-0.25, -0.2) is 9.97 Å². The number of nitrogens with zero attached hydrogens (tertiary/aromatic N) is 2. The Morgan fingerprint density at radius 1 is 0.304 bits per heavy atom. The summed E-state index contributed by atoms with van der Waals surface area (Å²) >= 11 is 0. The van der Waals surface area contributed by atoms with Crippen molar-refractivity contribution in [3.63, 3.8) is 0 Å². The molecule has 0 saturated carbocycles. The molecule has 2 heterocycles. The van der Waals surface area contributed by atoms with Crippen LogP contribution in [-0.2, 0) is 5.41 Å². The van der Waals surface area contributed by atoms with Crippen LogP contribution in [0.25, 0.3) is 67.3 Å². The Kier molecular flexibility index (Phi) is 7.39. The van der Waals surface area contributed by atoms with Crippen LogP contribution in [0.3, 0.4) is 0 Å². The third-order valence-electron chi connectivity index (χ3n) is 11.4. The quantitative estimate of drug-likeness (QED) is 0.178. The first kappa shape index (κ1) is 32.1. The zero-order valence-corrected chi connectivity index (χ0v) is 30.4. The van der Waals surface area contributed by atoms with Gasteiger partial charge < -0.3 is 4.74 Å². The van der Waals surface area contributed by atoms with Gasteiger partial charge in [-0.2, -0.15) is 0 Å². The van der Waals surface area contributed by atoms with E-state index in [1.807, 2.05) is 36.4 Å². The lowest BCUT2D eigenvalue weighted by molar-refractivity contribution is 0.436. The summed E-state index contributed by atoms with van der Waals surface area (Å²) in [5.41, 5.74) is 16.4. The molecule has 3 nitrogen and oxygen atoms in total. The Morgan fingerprint density at radius 3 is 1.36 bits per heavy atom. The fraction of sp³-hybridized carbons (Fsp3) is 0.0189. The number of para-hydroxylation sites is 1. The van der Waals surface area contributed by atoms with E-state index in [2.05, 4.69) is 170 Å². The second-order valence-electron chi connectivity index (χ2n) is 14.5. The van der Waals surface area contributed by atoms with E-state index < -0.39 is 5.41 Å². The van der Waals surface area contributed by atoms with Crippen LogP contribution in [0.1, 0.15) is 22.3 Å². The fourth-order valence-corrected chi connectivity index (χ4v) is 8.90. The highest BCUT2D eigenvalue weighted by Crippen LogP contribution is 2.62. The summed E-state index contributed by atoms with van der Waals surface area (Å²) in [4.78, 5) is 10.1. The molecular weight excluding hydrogens is 681 g/mol. The number of rotatable bonds is 5. The molecule has 0 unspecified atom stereocenters. The van der Waals surface area contributed by atoms with Gasteiger partial charge in [0.1, 0.15) is 11.5 Å². The topological polar surface area (TPSA) is 35.0 Å². The predicted molar refractivity (Wildman–Crippen MR) is 227 cm³/mol. The lowest BCUT2D eigenvalue weighted by Gasteiger charge is -2.39. The molecule has 9 aromatic rings. The molecule has 0 N–H and O–H groups in total. The first-order chi connectivity index (χ1) is 27.8. The standard InChI is InChI=1S/C53H34N2O/c1-3-15-36(16-4-1)48-34-49(37-17-5-2-6-18-37)55-52(54-48)38-29-27-35(28-30-38)40-19-7-8-20-41(40)39-31-32-51-47(33-39)53(46-25-13-14-26-50(46)56-51)44-23-11-9-21-42(44)43-22-10-12-24-45(43)53/h1-34H. The molecule has 0 radical (unpaired) electrons. The van der Waals surface area contributed by atoms with Gasteiger partial charge in [-0.3, -0.25) is 0 Å². The number of ether oxygens (including phenoxy) is 1. The monoisotopic (exact) mass is 714 g/mol. The minimum absolute atomic E-state index is 0.517. The Bertz CT molecular complexity index is 2830. The summed E-state index contributed by atoms with van der Waals surface area (Å²) in [6.07, 6.45) is 0. The summed E-state index contributed by atoms with van der Waals surface area (Å²) in [6, 6.07) is 73.1. The number of hydrogen-bond acceptors (Lipinski definition) is 3. The summed E-state index contributed by atoms with van der Waals surface area (Å²) in [7, 11) is 0. The Morgan fingerprint density at radius 2 is 0.750 bits per heavy atom. The molecule has 56 heavy (non-hydrogen) atoms. The SMILES string of the molecule is c1ccc(-c2cc(-c3ccccc3)nc(-c3ccc(-c4ccccc4-c4ccc5c(c4)C4(c6ccccc6O5)c5ccccc5-c5ccccc54)cc3)n2)cc1. The second-order valence-corrected chi connectivity index (χ2v) is 14.5. The lowest BCUT2D eigenvalue weighted by atomic mass is 9.65. The average molecular weight is 715 g/mol. The van der Waals surface area contributed by atoms with Crippen molar-refractivity contribution in [2.75, 3.05) is 0 Å². The van der Waals surface area contributed by atoms with Gasteiger partial charge in [-0.1, -0.05) is 182 Å². The van der Waals surface area contributed by atoms with Crippen molar-refractivity contribution < 1.29 is 4.74 Å². The molecule has 0 fully saturated rings. The smallest absolute Gasteiger partial charge is 0.160 e. The zero-order chi connectivity index (χ0) is 37.1. The minimum atomic E-state index is -0.517. The molecule has 1 aromatic heterocycles. The summed E-state index contributed by atoms with van der Waals surface area (Å²) in [5.74, 6) is 2.48. The predicted octanol–water partition coefficient (Wildman–Crippen LogP) is 13.3. The van der Waals surface area contributed by atoms with E-state index in [0.29, 0.717) is 5.82 Å². The molecule has 1 aliphatic heterocycles. The molecule has 3 heteroatoms. The number of benzene rings is 8. The molecule has 262 valence electrons. The van der Waals surface area contributed by atoms with Crippen molar-refractivity contribution >= 4 is 0 Å². The van der Waals surface area contributed by atoms with E-state index in [4.69, 9.17) is 14.7 Å². The molecule has 2 aliphatic rings. The zero-order valence-electron chi connectivity index (χ0n) is 30.4. The Hall–Kier alpha value is -7.36. The Balaban J connectivity index is 1.03. The first-order valence-electron chi connectivity index (χ1n) is 19.1. The number of hydrogen-bond donors (Lipinski definition) is 0. The molecule has 0 amide bonds. The molecule has 0 atom stereocenters. The third-order valence-corrected chi connectivity index (χ3v) is 11.4. The average Bonchev–Trinajstić information content (AvgIpc) is 3.57. The van der Waals surface area contributed by atoms with Gasteiger partial charge in [0.2, 0.25) is 0 Å². The molecule has 0 saturated heterocycles. The molecule has 0 bridgehead atoms. The van der Waals surface area contributed by atoms with Crippen molar-refractivity contribution in [3.8, 4) is 78.8 Å². The molecule has 8 aromatic carbocycles. The fourth-order valence-electron chi connectivity index (χ4n) is 8.90. The van der Waals surface area contributed by atoms with E-state index in [1.54, 1.807) is 0 Å². The molecule has 11 rings (SSSR count). The van der Waals surface area contributed by atoms with E-state index in [-0.39, 0.29) is 0 Å². The van der Waals surface area contributed by atoms with Crippen LogP contribution < -0.4 is 4.74 Å². The molecule has 1 aliphatic carbocycles. The molecular formula is C53H34N2O. The maximum absolute atomic E-state index is 6.72. The highest BCUT2D eigenvalue weighted by molar-refractivity contribution is 5.91. The van der Waals surface area contributed by atoms with E-state index >= 15 is 0 Å². The van der Waals surface area contributed by atoms with Crippen molar-refractivity contribution in [2.24, 2.45) is 0 Å². The van der Waals surface area contributed by atoms with E-state index in [0.717, 1.165) is 67.4 Å². The maximum atomic E-state index is 6.72. The summed E-state index contributed by atoms with van der Waals surface area (Å²) < 4.78 is 6.72. The van der Waals surface area contributed by atoms with Gasteiger partial charge in [-0.15, -0.1) is 0 Å². The van der Waals surface area contributed by atoms with Gasteiger partial charge >= 0.3 is 0 Å². The van der Waals surface area contributed by atoms with Gasteiger partial charge in [0.15, 0.2) is 5.82 Å². The van der Waals surface area contributed by atoms with Crippen LogP contribution in [0.2, 0.25) is 0 Å². The van der Waals surface area contributed by atoms with Crippen molar-refractivity contribution in [3.05, 3.63) is 229 Å². The van der Waals surface area contributed by atoms with Gasteiger partial charge in [-0.05, 0) is 68.8 Å². The van der Waals surface area contributed by atoms with Crippen molar-refractivity contribution in [1.82, 2.24) is 9.97 Å². The second kappa shape index (κ2) is 12.9. The van der Waals surface area contributed by atoms with Crippen molar-refractivity contribution in [2.45, 2.75) is 5.41 Å². The van der Waals surface area contributed by atoms with E-state index in [9.17, 15) is 0 Å². The van der Waals surface area contributed by atoms with Crippen LogP contribution in [0.4, 0.5) is 0 Å². The van der Waals surface area contributed by atoms with Crippen LogP contribution >= 0.6 is 0 Å². The van der Waals surface area contributed by atoms with Gasteiger partial charge in [0.25, 0.3) is 0 Å². The van der Waals surface area contributed by atoms with Crippen LogP contribution in [-0.4, -0.2) is 9.97 Å². The minimum Gasteiger partial charge on any atom is -0.457 e. The van der Waals surface area contributed by atoms with Crippen LogP contribution in [0.5, 0.6) is 11.5 Å². The molecule has 1 spiro atoms. The van der Waals surface area contributed by atoms with Crippen LogP contribution in [0.15, 0.2) is 206 Å². The van der Waals surface area contributed by atoms with Gasteiger partial charge in [0, 0.05) is 27.8 Å². The third kappa shape index (κ3) is 4.98. The first-order valence-corrected chi connectivity index (χ1v) is 19.1. The maximum Gasteiger partial charge on any atom is 0.160 e. The lowest BCUT2D eigenvalue weighted by Crippen LogP contribution is -2.32. The van der Waals surface area contributed by atoms with E-state index in [1.165, 1.54) is 27.8 Å². The number of fused-ring (bicyclic) bond motifs is 9. The van der Waals surface area contributed by atoms with Gasteiger partial charge in [0.05, 0.1) is 16.8 Å². The normalized spacial score (nSPS) is 12.9. The summed E-state index contributed by atoms with van der Waals surface area (Å²) in [5, 5.41) is 0. The number of aromatic nitrogens is 2. The van der Waals surface area contributed by atoms with Crippen molar-refractivity contribution in [1.29, 1.82) is 0 Å². The highest BCUT2D eigenvalue weighted by Gasteiger charge is 2.51. The highest BCUT2D eigenvalue weighted by atomic mass is 16.5.